The third kappa shape index (κ3) is 6.03. The molecule has 0 aromatic carbocycles. The van der Waals surface area contributed by atoms with Crippen LogP contribution in [0, 0.1) is 0 Å². The summed E-state index contributed by atoms with van der Waals surface area (Å²) in [5, 5.41) is 15.1. The average molecular weight is 242 g/mol. The first-order valence-electron chi connectivity index (χ1n) is 6.89. The van der Waals surface area contributed by atoms with Crippen LogP contribution in [-0.2, 0) is 4.79 Å². The van der Waals surface area contributed by atoms with E-state index in [0.29, 0.717) is 19.0 Å². The highest BCUT2D eigenvalue weighted by molar-refractivity contribution is 5.78. The highest BCUT2D eigenvalue weighted by Gasteiger charge is 2.16. The molecule has 0 spiro atoms. The number of rotatable bonds is 7. The molecule has 1 aliphatic rings. The third-order valence-electron chi connectivity index (χ3n) is 3.49. The lowest BCUT2D eigenvalue weighted by Crippen LogP contribution is -2.43. The van der Waals surface area contributed by atoms with E-state index in [9.17, 15) is 4.79 Å². The molecule has 0 aromatic rings. The average Bonchev–Trinajstić information content (AvgIpc) is 2.35. The van der Waals surface area contributed by atoms with Crippen LogP contribution in [-0.4, -0.2) is 36.2 Å². The van der Waals surface area contributed by atoms with Gasteiger partial charge in [0, 0.05) is 18.7 Å². The van der Waals surface area contributed by atoms with Crippen molar-refractivity contribution in [1.29, 1.82) is 0 Å². The zero-order valence-electron chi connectivity index (χ0n) is 10.9. The summed E-state index contributed by atoms with van der Waals surface area (Å²) in [6.45, 7) is 2.61. The largest absolute Gasteiger partial charge is 0.396 e. The standard InChI is InChI=1S/C13H26N2O2/c1-2-11(8-9-16)14-10-13(17)15-12-6-4-3-5-7-12/h11-12,14,16H,2-10H2,1H3,(H,15,17). The maximum atomic E-state index is 11.7. The van der Waals surface area contributed by atoms with Crippen LogP contribution in [0.25, 0.3) is 0 Å². The highest BCUT2D eigenvalue weighted by atomic mass is 16.3. The zero-order valence-corrected chi connectivity index (χ0v) is 10.9. The molecule has 4 nitrogen and oxygen atoms in total. The summed E-state index contributed by atoms with van der Waals surface area (Å²) in [5.74, 6) is 0.0910. The van der Waals surface area contributed by atoms with Gasteiger partial charge in [0.2, 0.25) is 5.91 Å². The van der Waals surface area contributed by atoms with Crippen LogP contribution in [0.5, 0.6) is 0 Å². The summed E-state index contributed by atoms with van der Waals surface area (Å²) in [6, 6.07) is 0.632. The Bertz CT molecular complexity index is 215. The number of hydrogen-bond donors (Lipinski definition) is 3. The molecule has 1 atom stereocenters. The molecule has 1 fully saturated rings. The smallest absolute Gasteiger partial charge is 0.234 e. The molecule has 1 rings (SSSR count). The minimum Gasteiger partial charge on any atom is -0.396 e. The fourth-order valence-corrected chi connectivity index (χ4v) is 2.37. The molecule has 0 aromatic heterocycles. The molecular weight excluding hydrogens is 216 g/mol. The number of hydrogen-bond acceptors (Lipinski definition) is 3. The van der Waals surface area contributed by atoms with Crippen molar-refractivity contribution in [3.05, 3.63) is 0 Å². The molecule has 1 aliphatic carbocycles. The number of amides is 1. The van der Waals surface area contributed by atoms with Gasteiger partial charge in [0.25, 0.3) is 0 Å². The second kappa shape index (κ2) is 8.48. The Morgan fingerprint density at radius 1 is 1.35 bits per heavy atom. The van der Waals surface area contributed by atoms with Gasteiger partial charge < -0.3 is 15.7 Å². The minimum absolute atomic E-state index is 0.0910. The Balaban J connectivity index is 2.14. The van der Waals surface area contributed by atoms with E-state index in [1.54, 1.807) is 0 Å². The molecule has 3 N–H and O–H groups in total. The van der Waals surface area contributed by atoms with Crippen molar-refractivity contribution in [1.82, 2.24) is 10.6 Å². The predicted molar refractivity (Wildman–Crippen MR) is 68.8 cm³/mol. The topological polar surface area (TPSA) is 61.4 Å². The number of nitrogens with one attached hydrogen (secondary N) is 2. The molecule has 0 radical (unpaired) electrons. The lowest BCUT2D eigenvalue weighted by Gasteiger charge is -2.23. The molecule has 0 aliphatic heterocycles. The van der Waals surface area contributed by atoms with E-state index in [4.69, 9.17) is 5.11 Å². The SMILES string of the molecule is CCC(CCO)NCC(=O)NC1CCCCC1. The van der Waals surface area contributed by atoms with Crippen LogP contribution in [0.3, 0.4) is 0 Å². The van der Waals surface area contributed by atoms with Gasteiger partial charge in [-0.05, 0) is 25.7 Å². The van der Waals surface area contributed by atoms with Gasteiger partial charge in [-0.3, -0.25) is 4.79 Å². The molecule has 4 heteroatoms. The monoisotopic (exact) mass is 242 g/mol. The Hall–Kier alpha value is -0.610. The van der Waals surface area contributed by atoms with Crippen molar-refractivity contribution in [3.8, 4) is 0 Å². The van der Waals surface area contributed by atoms with Crippen LogP contribution in [0.4, 0.5) is 0 Å². The number of aliphatic hydroxyl groups is 1. The van der Waals surface area contributed by atoms with Gasteiger partial charge in [0.1, 0.15) is 0 Å². The van der Waals surface area contributed by atoms with E-state index in [0.717, 1.165) is 19.3 Å². The highest BCUT2D eigenvalue weighted by Crippen LogP contribution is 2.17. The summed E-state index contributed by atoms with van der Waals surface area (Å²) in [5.41, 5.74) is 0. The molecule has 1 amide bonds. The molecular formula is C13H26N2O2. The molecule has 0 bridgehead atoms. The summed E-state index contributed by atoms with van der Waals surface area (Å²) in [4.78, 5) is 11.7. The number of carbonyl (C=O) groups excluding carboxylic acids is 1. The number of aliphatic hydroxyl groups excluding tert-OH is 1. The molecule has 0 saturated heterocycles. The minimum atomic E-state index is 0.0910. The maximum absolute atomic E-state index is 11.7. The van der Waals surface area contributed by atoms with E-state index < -0.39 is 0 Å². The van der Waals surface area contributed by atoms with Crippen LogP contribution in [0.15, 0.2) is 0 Å². The van der Waals surface area contributed by atoms with E-state index in [1.807, 2.05) is 0 Å². The van der Waals surface area contributed by atoms with E-state index in [1.165, 1.54) is 19.3 Å². The Morgan fingerprint density at radius 3 is 2.65 bits per heavy atom. The van der Waals surface area contributed by atoms with Crippen molar-refractivity contribution in [2.75, 3.05) is 13.2 Å². The molecule has 1 unspecified atom stereocenters. The lowest BCUT2D eigenvalue weighted by atomic mass is 9.95. The van der Waals surface area contributed by atoms with E-state index in [-0.39, 0.29) is 18.6 Å². The van der Waals surface area contributed by atoms with Gasteiger partial charge in [0.05, 0.1) is 6.54 Å². The van der Waals surface area contributed by atoms with Crippen molar-refractivity contribution in [2.45, 2.75) is 64.0 Å². The zero-order chi connectivity index (χ0) is 12.5. The Labute approximate surface area is 104 Å². The Kier molecular flexibility index (Phi) is 7.21. The quantitative estimate of drug-likeness (QED) is 0.628. The second-order valence-electron chi connectivity index (χ2n) is 4.90. The van der Waals surface area contributed by atoms with Crippen LogP contribution >= 0.6 is 0 Å². The van der Waals surface area contributed by atoms with Gasteiger partial charge >= 0.3 is 0 Å². The summed E-state index contributed by atoms with van der Waals surface area (Å²) < 4.78 is 0. The van der Waals surface area contributed by atoms with Crippen LogP contribution in [0.2, 0.25) is 0 Å². The summed E-state index contributed by atoms with van der Waals surface area (Å²) in [6.07, 6.45) is 7.68. The predicted octanol–water partition coefficient (Wildman–Crippen LogP) is 1.19. The Morgan fingerprint density at radius 2 is 2.06 bits per heavy atom. The van der Waals surface area contributed by atoms with Gasteiger partial charge in [-0.1, -0.05) is 26.2 Å². The molecule has 0 heterocycles. The summed E-state index contributed by atoms with van der Waals surface area (Å²) >= 11 is 0. The maximum Gasteiger partial charge on any atom is 0.234 e. The fourth-order valence-electron chi connectivity index (χ4n) is 2.37. The molecule has 17 heavy (non-hydrogen) atoms. The van der Waals surface area contributed by atoms with E-state index in [2.05, 4.69) is 17.6 Å². The van der Waals surface area contributed by atoms with Gasteiger partial charge in [-0.2, -0.15) is 0 Å². The van der Waals surface area contributed by atoms with Crippen LogP contribution in [0.1, 0.15) is 51.9 Å². The molecule has 100 valence electrons. The van der Waals surface area contributed by atoms with Crippen molar-refractivity contribution in [3.63, 3.8) is 0 Å². The number of carbonyl (C=O) groups is 1. The first-order valence-corrected chi connectivity index (χ1v) is 6.89. The van der Waals surface area contributed by atoms with E-state index >= 15 is 0 Å². The molecule has 1 saturated carbocycles. The first-order chi connectivity index (χ1) is 8.26. The lowest BCUT2D eigenvalue weighted by molar-refractivity contribution is -0.121. The normalized spacial score (nSPS) is 18.9. The van der Waals surface area contributed by atoms with Crippen LogP contribution < -0.4 is 10.6 Å². The van der Waals surface area contributed by atoms with Crippen molar-refractivity contribution < 1.29 is 9.90 Å². The van der Waals surface area contributed by atoms with Crippen molar-refractivity contribution in [2.24, 2.45) is 0 Å². The second-order valence-corrected chi connectivity index (χ2v) is 4.90. The first kappa shape index (κ1) is 14.5. The van der Waals surface area contributed by atoms with Gasteiger partial charge in [0.15, 0.2) is 0 Å². The van der Waals surface area contributed by atoms with Crippen molar-refractivity contribution >= 4 is 5.91 Å². The third-order valence-corrected chi connectivity index (χ3v) is 3.49. The van der Waals surface area contributed by atoms with Gasteiger partial charge in [-0.25, -0.2) is 0 Å². The summed E-state index contributed by atoms with van der Waals surface area (Å²) in [7, 11) is 0. The van der Waals surface area contributed by atoms with Gasteiger partial charge in [-0.15, -0.1) is 0 Å². The fraction of sp³-hybridized carbons (Fsp3) is 0.923.